The smallest absolute Gasteiger partial charge is 0.257 e. The second-order valence-electron chi connectivity index (χ2n) is 6.46. The van der Waals surface area contributed by atoms with Gasteiger partial charge < -0.3 is 15.1 Å². The number of carbonyl (C=O) groups is 2. The molecule has 2 amide bonds. The molecule has 1 aliphatic rings. The highest BCUT2D eigenvalue weighted by atomic mass is 32.1. The lowest BCUT2D eigenvalue weighted by molar-refractivity contribution is -0.129. The predicted octanol–water partition coefficient (Wildman–Crippen LogP) is 2.62. The summed E-state index contributed by atoms with van der Waals surface area (Å²) in [7, 11) is 0. The van der Waals surface area contributed by atoms with Crippen molar-refractivity contribution in [1.29, 1.82) is 0 Å². The molecule has 1 saturated heterocycles. The molecule has 2 aromatic rings. The van der Waals surface area contributed by atoms with Gasteiger partial charge in [-0.25, -0.2) is 4.39 Å². The van der Waals surface area contributed by atoms with E-state index in [1.165, 1.54) is 24.3 Å². The molecule has 1 fully saturated rings. The lowest BCUT2D eigenvalue weighted by Gasteiger charge is -2.35. The summed E-state index contributed by atoms with van der Waals surface area (Å²) in [4.78, 5) is 27.6. The Bertz CT molecular complexity index is 863. The number of halogens is 1. The Morgan fingerprint density at radius 2 is 1.57 bits per heavy atom. The molecule has 0 aromatic heterocycles. The molecular formula is C20H21FN4O2S. The zero-order valence-electron chi connectivity index (χ0n) is 15.4. The standard InChI is InChI=1S/C20H21FN4O2S/c1-14(26)24-10-12-25(13-11-24)18-8-6-17(7-9-18)22-20(28)23-19(27)15-2-4-16(21)5-3-15/h2-9H,10-13H2,1H3,(H2,22,23,27,28). The summed E-state index contributed by atoms with van der Waals surface area (Å²) in [5, 5.41) is 5.69. The summed E-state index contributed by atoms with van der Waals surface area (Å²) in [5.41, 5.74) is 2.14. The van der Waals surface area contributed by atoms with Crippen LogP contribution in [0.25, 0.3) is 0 Å². The van der Waals surface area contributed by atoms with Crippen molar-refractivity contribution in [3.05, 3.63) is 59.9 Å². The molecule has 0 aliphatic carbocycles. The largest absolute Gasteiger partial charge is 0.368 e. The van der Waals surface area contributed by atoms with Crippen molar-refractivity contribution in [3.63, 3.8) is 0 Å². The van der Waals surface area contributed by atoms with E-state index in [0.29, 0.717) is 5.56 Å². The second-order valence-corrected chi connectivity index (χ2v) is 6.86. The Morgan fingerprint density at radius 3 is 2.14 bits per heavy atom. The van der Waals surface area contributed by atoms with Crippen LogP contribution >= 0.6 is 12.2 Å². The number of piperazine rings is 1. The Morgan fingerprint density at radius 1 is 0.964 bits per heavy atom. The maximum absolute atomic E-state index is 12.9. The van der Waals surface area contributed by atoms with Crippen molar-refractivity contribution in [2.24, 2.45) is 0 Å². The molecule has 28 heavy (non-hydrogen) atoms. The number of nitrogens with one attached hydrogen (secondary N) is 2. The van der Waals surface area contributed by atoms with Crippen molar-refractivity contribution < 1.29 is 14.0 Å². The molecule has 0 bridgehead atoms. The van der Waals surface area contributed by atoms with Crippen LogP contribution in [-0.4, -0.2) is 48.0 Å². The van der Waals surface area contributed by atoms with Crippen molar-refractivity contribution in [2.45, 2.75) is 6.92 Å². The number of benzene rings is 2. The molecule has 0 saturated carbocycles. The summed E-state index contributed by atoms with van der Waals surface area (Å²) in [5.74, 6) is -0.701. The minimum Gasteiger partial charge on any atom is -0.368 e. The first-order chi connectivity index (χ1) is 13.4. The van der Waals surface area contributed by atoms with Crippen LogP contribution in [0.5, 0.6) is 0 Å². The molecule has 2 N–H and O–H groups in total. The molecule has 6 nitrogen and oxygen atoms in total. The van der Waals surface area contributed by atoms with E-state index in [2.05, 4.69) is 15.5 Å². The Balaban J connectivity index is 1.52. The van der Waals surface area contributed by atoms with Crippen molar-refractivity contribution >= 4 is 40.5 Å². The van der Waals surface area contributed by atoms with Crippen LogP contribution < -0.4 is 15.5 Å². The van der Waals surface area contributed by atoms with Gasteiger partial charge in [0, 0.05) is 50.0 Å². The fraction of sp³-hybridized carbons (Fsp3) is 0.250. The van der Waals surface area contributed by atoms with Gasteiger partial charge in [-0.2, -0.15) is 0 Å². The average molecular weight is 400 g/mol. The summed E-state index contributed by atoms with van der Waals surface area (Å²) < 4.78 is 12.9. The maximum atomic E-state index is 12.9. The van der Waals surface area contributed by atoms with Crippen LogP contribution in [0.1, 0.15) is 17.3 Å². The molecule has 1 heterocycles. The van der Waals surface area contributed by atoms with Crippen molar-refractivity contribution in [2.75, 3.05) is 36.4 Å². The van der Waals surface area contributed by atoms with Gasteiger partial charge in [0.25, 0.3) is 5.91 Å². The SMILES string of the molecule is CC(=O)N1CCN(c2ccc(NC(=S)NC(=O)c3ccc(F)cc3)cc2)CC1. The molecule has 3 rings (SSSR count). The van der Waals surface area contributed by atoms with Gasteiger partial charge in [0.2, 0.25) is 5.91 Å². The topological polar surface area (TPSA) is 64.7 Å². The van der Waals surface area contributed by atoms with Gasteiger partial charge in [-0.15, -0.1) is 0 Å². The van der Waals surface area contributed by atoms with Gasteiger partial charge in [0.15, 0.2) is 5.11 Å². The van der Waals surface area contributed by atoms with Crippen LogP contribution in [-0.2, 0) is 4.79 Å². The fourth-order valence-corrected chi connectivity index (χ4v) is 3.18. The van der Waals surface area contributed by atoms with Crippen LogP contribution in [0.4, 0.5) is 15.8 Å². The third kappa shape index (κ3) is 5.04. The molecule has 0 unspecified atom stereocenters. The zero-order valence-corrected chi connectivity index (χ0v) is 16.3. The molecule has 0 spiro atoms. The number of amides is 2. The van der Waals surface area contributed by atoms with Gasteiger partial charge >= 0.3 is 0 Å². The van der Waals surface area contributed by atoms with Crippen molar-refractivity contribution in [1.82, 2.24) is 10.2 Å². The van der Waals surface area contributed by atoms with Crippen LogP contribution in [0.15, 0.2) is 48.5 Å². The van der Waals surface area contributed by atoms with E-state index in [0.717, 1.165) is 37.6 Å². The van der Waals surface area contributed by atoms with E-state index >= 15 is 0 Å². The Kier molecular flexibility index (Phi) is 6.20. The summed E-state index contributed by atoms with van der Waals surface area (Å²) >= 11 is 5.17. The summed E-state index contributed by atoms with van der Waals surface area (Å²) in [6.07, 6.45) is 0. The lowest BCUT2D eigenvalue weighted by Crippen LogP contribution is -2.48. The molecule has 0 atom stereocenters. The van der Waals surface area contributed by atoms with Gasteiger partial charge in [-0.05, 0) is 60.7 Å². The van der Waals surface area contributed by atoms with E-state index in [4.69, 9.17) is 12.2 Å². The second kappa shape index (κ2) is 8.79. The van der Waals surface area contributed by atoms with E-state index in [1.54, 1.807) is 6.92 Å². The number of carbonyl (C=O) groups excluding carboxylic acids is 2. The lowest BCUT2D eigenvalue weighted by atomic mass is 10.2. The monoisotopic (exact) mass is 400 g/mol. The summed E-state index contributed by atoms with van der Waals surface area (Å²) in [6, 6.07) is 12.9. The van der Waals surface area contributed by atoms with Crippen LogP contribution in [0, 0.1) is 5.82 Å². The highest BCUT2D eigenvalue weighted by Crippen LogP contribution is 2.19. The third-order valence-corrected chi connectivity index (χ3v) is 4.75. The number of nitrogens with zero attached hydrogens (tertiary/aromatic N) is 2. The average Bonchev–Trinajstić information content (AvgIpc) is 2.69. The molecular weight excluding hydrogens is 379 g/mol. The minimum atomic E-state index is -0.405. The Labute approximate surface area is 168 Å². The summed E-state index contributed by atoms with van der Waals surface area (Å²) in [6.45, 7) is 4.61. The van der Waals surface area contributed by atoms with E-state index in [9.17, 15) is 14.0 Å². The van der Waals surface area contributed by atoms with E-state index < -0.39 is 11.7 Å². The highest BCUT2D eigenvalue weighted by molar-refractivity contribution is 7.80. The van der Waals surface area contributed by atoms with Crippen molar-refractivity contribution in [3.8, 4) is 0 Å². The number of rotatable bonds is 3. The molecule has 0 radical (unpaired) electrons. The molecule has 2 aromatic carbocycles. The van der Waals surface area contributed by atoms with E-state index in [1.807, 2.05) is 29.2 Å². The number of thiocarbonyl (C=S) groups is 1. The first-order valence-electron chi connectivity index (χ1n) is 8.91. The van der Waals surface area contributed by atoms with Crippen LogP contribution in [0.3, 0.4) is 0 Å². The maximum Gasteiger partial charge on any atom is 0.257 e. The number of hydrogen-bond acceptors (Lipinski definition) is 4. The first kappa shape index (κ1) is 19.8. The number of anilines is 2. The molecule has 8 heteroatoms. The van der Waals surface area contributed by atoms with Gasteiger partial charge in [-0.1, -0.05) is 0 Å². The number of hydrogen-bond donors (Lipinski definition) is 2. The highest BCUT2D eigenvalue weighted by Gasteiger charge is 2.18. The van der Waals surface area contributed by atoms with Gasteiger partial charge in [0.05, 0.1) is 0 Å². The fourth-order valence-electron chi connectivity index (χ4n) is 2.97. The van der Waals surface area contributed by atoms with E-state index in [-0.39, 0.29) is 11.0 Å². The van der Waals surface area contributed by atoms with Crippen LogP contribution in [0.2, 0.25) is 0 Å². The quantitative estimate of drug-likeness (QED) is 0.776. The first-order valence-corrected chi connectivity index (χ1v) is 9.31. The third-order valence-electron chi connectivity index (χ3n) is 4.55. The van der Waals surface area contributed by atoms with Gasteiger partial charge in [0.1, 0.15) is 5.82 Å². The zero-order chi connectivity index (χ0) is 20.1. The molecule has 146 valence electrons. The normalized spacial score (nSPS) is 13.8. The van der Waals surface area contributed by atoms with Gasteiger partial charge in [-0.3, -0.25) is 14.9 Å². The molecule has 1 aliphatic heterocycles. The predicted molar refractivity (Wildman–Crippen MR) is 111 cm³/mol. The Hall–Kier alpha value is -3.00. The minimum absolute atomic E-state index is 0.107.